The van der Waals surface area contributed by atoms with Crippen LogP contribution in [0.1, 0.15) is 61.8 Å². The summed E-state index contributed by atoms with van der Waals surface area (Å²) in [7, 11) is 0. The Hall–Kier alpha value is -1.39. The smallest absolute Gasteiger partial charge is 0.408 e. The van der Waals surface area contributed by atoms with Crippen molar-refractivity contribution < 1.29 is 19.1 Å². The second-order valence-corrected chi connectivity index (χ2v) is 7.28. The van der Waals surface area contributed by atoms with E-state index >= 15 is 0 Å². The number of Topliss-reactive ketones (excluding diaryl/α,β-unsaturated/α-hetero) is 2. The first kappa shape index (κ1) is 19.6. The van der Waals surface area contributed by atoms with Gasteiger partial charge < -0.3 is 10.1 Å². The molecule has 0 bridgehead atoms. The van der Waals surface area contributed by atoms with Gasteiger partial charge in [0.2, 0.25) is 0 Å². The molecule has 21 heavy (non-hydrogen) atoms. The molecule has 0 fully saturated rings. The second-order valence-electron chi connectivity index (χ2n) is 7.28. The fourth-order valence-corrected chi connectivity index (χ4v) is 1.91. The quantitative estimate of drug-likeness (QED) is 0.818. The average Bonchev–Trinajstić information content (AvgIpc) is 2.24. The van der Waals surface area contributed by atoms with Crippen LogP contribution in [0.5, 0.6) is 0 Å². The van der Waals surface area contributed by atoms with E-state index in [2.05, 4.69) is 5.32 Å². The largest absolute Gasteiger partial charge is 0.444 e. The van der Waals surface area contributed by atoms with Crippen LogP contribution in [0.2, 0.25) is 0 Å². The van der Waals surface area contributed by atoms with E-state index in [0.717, 1.165) is 0 Å². The lowest BCUT2D eigenvalue weighted by molar-refractivity contribution is -0.133. The van der Waals surface area contributed by atoms with E-state index in [-0.39, 0.29) is 29.8 Å². The Morgan fingerprint density at radius 1 is 0.952 bits per heavy atom. The number of alkyl carbamates (subject to hydrolysis) is 1. The highest BCUT2D eigenvalue weighted by Gasteiger charge is 2.39. The van der Waals surface area contributed by atoms with Gasteiger partial charge in [-0.1, -0.05) is 27.7 Å². The van der Waals surface area contributed by atoms with Crippen molar-refractivity contribution in [2.75, 3.05) is 0 Å². The van der Waals surface area contributed by atoms with Crippen LogP contribution in [0.25, 0.3) is 0 Å². The number of hydrogen-bond donors (Lipinski definition) is 1. The summed E-state index contributed by atoms with van der Waals surface area (Å²) in [6.45, 7) is 13.9. The molecule has 0 heterocycles. The van der Waals surface area contributed by atoms with Gasteiger partial charge in [0.1, 0.15) is 16.9 Å². The van der Waals surface area contributed by atoms with Gasteiger partial charge in [-0.2, -0.15) is 0 Å². The van der Waals surface area contributed by atoms with Crippen LogP contribution >= 0.6 is 0 Å². The fourth-order valence-electron chi connectivity index (χ4n) is 1.91. The van der Waals surface area contributed by atoms with Crippen LogP contribution in [-0.2, 0) is 14.3 Å². The molecule has 0 aliphatic rings. The molecule has 0 rings (SSSR count). The zero-order chi connectivity index (χ0) is 17.0. The molecule has 0 aromatic carbocycles. The monoisotopic (exact) mass is 299 g/mol. The van der Waals surface area contributed by atoms with Gasteiger partial charge in [0.15, 0.2) is 5.78 Å². The number of nitrogens with one attached hydrogen (secondary N) is 1. The fraction of sp³-hybridized carbons (Fsp3) is 0.812. The molecule has 1 N–H and O–H groups in total. The number of amides is 1. The number of carbonyl (C=O) groups excluding carboxylic acids is 3. The number of carbonyl (C=O) groups is 3. The van der Waals surface area contributed by atoms with Gasteiger partial charge in [-0.15, -0.1) is 0 Å². The average molecular weight is 299 g/mol. The molecule has 0 aromatic rings. The number of rotatable bonds is 6. The van der Waals surface area contributed by atoms with Gasteiger partial charge in [-0.25, -0.2) is 4.79 Å². The van der Waals surface area contributed by atoms with Crippen LogP contribution in [-0.4, -0.2) is 28.8 Å². The lowest BCUT2D eigenvalue weighted by Crippen LogP contribution is -2.56. The predicted octanol–water partition coefficient (Wildman–Crippen LogP) is 3.11. The Labute approximate surface area is 127 Å². The molecule has 1 unspecified atom stereocenters. The number of ether oxygens (including phenoxy) is 1. The molecule has 0 saturated carbocycles. The zero-order valence-corrected chi connectivity index (χ0v) is 14.5. The molecule has 1 atom stereocenters. The third-order valence-electron chi connectivity index (χ3n) is 3.02. The third kappa shape index (κ3) is 6.74. The molecule has 5 heteroatoms. The van der Waals surface area contributed by atoms with E-state index in [1.54, 1.807) is 55.4 Å². The Kier molecular flexibility index (Phi) is 6.58. The zero-order valence-electron chi connectivity index (χ0n) is 14.5. The minimum absolute atomic E-state index is 0.0269. The highest BCUT2D eigenvalue weighted by Crippen LogP contribution is 2.20. The van der Waals surface area contributed by atoms with E-state index in [9.17, 15) is 14.4 Å². The van der Waals surface area contributed by atoms with Gasteiger partial charge in [0.25, 0.3) is 0 Å². The van der Waals surface area contributed by atoms with Crippen molar-refractivity contribution >= 4 is 17.7 Å². The first-order valence-corrected chi connectivity index (χ1v) is 7.36. The Bertz CT molecular complexity index is 407. The first-order chi connectivity index (χ1) is 9.28. The summed E-state index contributed by atoms with van der Waals surface area (Å²) < 4.78 is 5.19. The Morgan fingerprint density at radius 3 is 1.76 bits per heavy atom. The van der Waals surface area contributed by atoms with Crippen molar-refractivity contribution in [2.45, 2.75) is 73.0 Å². The lowest BCUT2D eigenvalue weighted by Gasteiger charge is -2.32. The molecule has 0 aromatic heterocycles. The van der Waals surface area contributed by atoms with Gasteiger partial charge in [-0.05, 0) is 27.7 Å². The van der Waals surface area contributed by atoms with Crippen molar-refractivity contribution in [1.82, 2.24) is 5.32 Å². The summed E-state index contributed by atoms with van der Waals surface area (Å²) >= 11 is 0. The van der Waals surface area contributed by atoms with Gasteiger partial charge >= 0.3 is 6.09 Å². The van der Waals surface area contributed by atoms with Crippen LogP contribution in [0.3, 0.4) is 0 Å². The first-order valence-electron chi connectivity index (χ1n) is 7.36. The number of ketones is 2. The standard InChI is InChI=1S/C16H29NO4/c1-10(2)12(18)9-16(8,13(19)11(3)4)17-14(20)21-15(5,6)7/h10-11H,9H2,1-8H3,(H,17,20). The minimum atomic E-state index is -1.24. The van der Waals surface area contributed by atoms with E-state index < -0.39 is 17.2 Å². The Balaban J connectivity index is 5.19. The lowest BCUT2D eigenvalue weighted by atomic mass is 9.83. The third-order valence-corrected chi connectivity index (χ3v) is 3.02. The van der Waals surface area contributed by atoms with Gasteiger partial charge in [-0.3, -0.25) is 9.59 Å². The highest BCUT2D eigenvalue weighted by molar-refractivity contribution is 5.97. The summed E-state index contributed by atoms with van der Waals surface area (Å²) in [5.41, 5.74) is -1.90. The maximum Gasteiger partial charge on any atom is 0.408 e. The molecule has 0 saturated heterocycles. The van der Waals surface area contributed by atoms with Crippen molar-refractivity contribution in [1.29, 1.82) is 0 Å². The summed E-state index contributed by atoms with van der Waals surface area (Å²) in [6, 6.07) is 0. The molecule has 0 spiro atoms. The van der Waals surface area contributed by atoms with E-state index in [1.807, 2.05) is 0 Å². The molecule has 0 aliphatic carbocycles. The van der Waals surface area contributed by atoms with Crippen molar-refractivity contribution in [3.05, 3.63) is 0 Å². The van der Waals surface area contributed by atoms with Crippen LogP contribution in [0.15, 0.2) is 0 Å². The van der Waals surface area contributed by atoms with E-state index in [1.165, 1.54) is 0 Å². The topological polar surface area (TPSA) is 72.5 Å². The molecular formula is C16H29NO4. The van der Waals surface area contributed by atoms with E-state index in [0.29, 0.717) is 0 Å². The minimum Gasteiger partial charge on any atom is -0.444 e. The molecule has 5 nitrogen and oxygen atoms in total. The number of hydrogen-bond acceptors (Lipinski definition) is 4. The summed E-state index contributed by atoms with van der Waals surface area (Å²) in [4.78, 5) is 36.4. The molecular weight excluding hydrogens is 270 g/mol. The maximum atomic E-state index is 12.4. The molecule has 1 amide bonds. The van der Waals surface area contributed by atoms with Gasteiger partial charge in [0, 0.05) is 18.3 Å². The normalized spacial score (nSPS) is 14.8. The second kappa shape index (κ2) is 7.05. The van der Waals surface area contributed by atoms with Gasteiger partial charge in [0.05, 0.1) is 0 Å². The van der Waals surface area contributed by atoms with Crippen LogP contribution < -0.4 is 5.32 Å². The highest BCUT2D eigenvalue weighted by atomic mass is 16.6. The summed E-state index contributed by atoms with van der Waals surface area (Å²) in [5, 5.41) is 2.59. The van der Waals surface area contributed by atoms with Crippen LogP contribution in [0, 0.1) is 11.8 Å². The van der Waals surface area contributed by atoms with Crippen LogP contribution in [0.4, 0.5) is 4.79 Å². The maximum absolute atomic E-state index is 12.4. The van der Waals surface area contributed by atoms with Crippen molar-refractivity contribution in [2.24, 2.45) is 11.8 Å². The molecule has 122 valence electrons. The van der Waals surface area contributed by atoms with E-state index in [4.69, 9.17) is 4.74 Å². The van der Waals surface area contributed by atoms with Crippen molar-refractivity contribution in [3.8, 4) is 0 Å². The Morgan fingerprint density at radius 2 is 1.43 bits per heavy atom. The van der Waals surface area contributed by atoms with Crippen molar-refractivity contribution in [3.63, 3.8) is 0 Å². The molecule has 0 radical (unpaired) electrons. The summed E-state index contributed by atoms with van der Waals surface area (Å²) in [5.74, 6) is -0.723. The molecule has 0 aliphatic heterocycles. The predicted molar refractivity (Wildman–Crippen MR) is 82.1 cm³/mol. The SMILES string of the molecule is CC(C)C(=O)CC(C)(NC(=O)OC(C)(C)C)C(=O)C(C)C. The summed E-state index contributed by atoms with van der Waals surface area (Å²) in [6.07, 6.45) is -0.712.